The van der Waals surface area contributed by atoms with E-state index in [-0.39, 0.29) is 40.5 Å². The molecule has 0 radical (unpaired) electrons. The fourth-order valence-corrected chi connectivity index (χ4v) is 5.82. The van der Waals surface area contributed by atoms with Gasteiger partial charge in [0.25, 0.3) is 5.56 Å². The van der Waals surface area contributed by atoms with Crippen LogP contribution in [0.2, 0.25) is 0 Å². The number of anilines is 2. The minimum atomic E-state index is -3.66. The number of sulfonamides is 1. The van der Waals surface area contributed by atoms with Gasteiger partial charge in [-0.25, -0.2) is 17.8 Å². The lowest BCUT2D eigenvalue weighted by atomic mass is 10.0. The van der Waals surface area contributed by atoms with Crippen LogP contribution in [0.25, 0.3) is 22.2 Å². The molecule has 0 amide bonds. The van der Waals surface area contributed by atoms with Crippen molar-refractivity contribution in [2.45, 2.75) is 45.6 Å². The maximum atomic E-state index is 14.9. The van der Waals surface area contributed by atoms with Crippen molar-refractivity contribution < 1.29 is 12.8 Å². The summed E-state index contributed by atoms with van der Waals surface area (Å²) >= 11 is 0. The van der Waals surface area contributed by atoms with Crippen LogP contribution >= 0.6 is 0 Å². The average molecular weight is 460 g/mol. The first-order chi connectivity index (χ1) is 15.1. The summed E-state index contributed by atoms with van der Waals surface area (Å²) in [7, 11) is -3.66. The van der Waals surface area contributed by atoms with E-state index in [0.717, 1.165) is 25.7 Å². The van der Waals surface area contributed by atoms with Crippen molar-refractivity contribution in [3.05, 3.63) is 46.6 Å². The molecule has 32 heavy (non-hydrogen) atoms. The van der Waals surface area contributed by atoms with E-state index in [2.05, 4.69) is 14.7 Å². The Morgan fingerprint density at radius 3 is 2.62 bits per heavy atom. The second-order valence-electron chi connectivity index (χ2n) is 8.56. The minimum Gasteiger partial charge on any atom is -0.368 e. The highest BCUT2D eigenvalue weighted by Gasteiger charge is 2.24. The molecule has 10 heteroatoms. The van der Waals surface area contributed by atoms with Crippen LogP contribution in [-0.2, 0) is 10.0 Å². The van der Waals surface area contributed by atoms with Gasteiger partial charge in [-0.1, -0.05) is 18.9 Å². The van der Waals surface area contributed by atoms with Crippen LogP contribution in [0.5, 0.6) is 0 Å². The van der Waals surface area contributed by atoms with Gasteiger partial charge in [0.05, 0.1) is 11.4 Å². The van der Waals surface area contributed by atoms with Gasteiger partial charge in [-0.2, -0.15) is 4.98 Å². The van der Waals surface area contributed by atoms with Crippen molar-refractivity contribution in [1.29, 1.82) is 0 Å². The van der Waals surface area contributed by atoms with Crippen molar-refractivity contribution in [3.63, 3.8) is 0 Å². The first kappa shape index (κ1) is 22.2. The van der Waals surface area contributed by atoms with E-state index >= 15 is 0 Å². The van der Waals surface area contributed by atoms with E-state index in [9.17, 15) is 17.6 Å². The fraction of sp³-hybridized carbons (Fsp3) is 0.409. The molecule has 0 spiro atoms. The molecule has 1 aliphatic rings. The maximum absolute atomic E-state index is 14.9. The SMILES string of the molecule is CC(C)n1c(=O)c(-c2ccc(NS(=O)(=O)CC3CCCC3)c(F)c2)cc2cnc(N)nc21. The summed E-state index contributed by atoms with van der Waals surface area (Å²) in [4.78, 5) is 21.4. The van der Waals surface area contributed by atoms with Gasteiger partial charge in [0.1, 0.15) is 11.5 Å². The number of benzene rings is 1. The third kappa shape index (κ3) is 4.45. The monoisotopic (exact) mass is 459 g/mol. The molecule has 4 rings (SSSR count). The van der Waals surface area contributed by atoms with Crippen LogP contribution < -0.4 is 16.0 Å². The number of aromatic nitrogens is 3. The highest BCUT2D eigenvalue weighted by molar-refractivity contribution is 7.92. The van der Waals surface area contributed by atoms with Crippen LogP contribution in [0.1, 0.15) is 45.6 Å². The number of halogens is 1. The third-order valence-electron chi connectivity index (χ3n) is 5.78. The Balaban J connectivity index is 1.70. The van der Waals surface area contributed by atoms with Crippen molar-refractivity contribution in [2.75, 3.05) is 16.2 Å². The molecule has 1 aliphatic carbocycles. The zero-order chi connectivity index (χ0) is 23.0. The molecule has 0 saturated heterocycles. The lowest BCUT2D eigenvalue weighted by Gasteiger charge is -2.16. The van der Waals surface area contributed by atoms with E-state index in [1.165, 1.54) is 29.0 Å². The highest BCUT2D eigenvalue weighted by atomic mass is 32.2. The van der Waals surface area contributed by atoms with Crippen molar-refractivity contribution >= 4 is 32.7 Å². The predicted molar refractivity (Wildman–Crippen MR) is 123 cm³/mol. The summed E-state index contributed by atoms with van der Waals surface area (Å²) in [6, 6.07) is 5.42. The van der Waals surface area contributed by atoms with Gasteiger partial charge in [0.2, 0.25) is 16.0 Å². The number of fused-ring (bicyclic) bond motifs is 1. The van der Waals surface area contributed by atoms with E-state index in [4.69, 9.17) is 5.73 Å². The van der Waals surface area contributed by atoms with Crippen molar-refractivity contribution in [3.8, 4) is 11.1 Å². The van der Waals surface area contributed by atoms with Gasteiger partial charge in [0, 0.05) is 23.2 Å². The lowest BCUT2D eigenvalue weighted by Crippen LogP contribution is -2.25. The predicted octanol–water partition coefficient (Wildman–Crippen LogP) is 3.69. The maximum Gasteiger partial charge on any atom is 0.260 e. The molecule has 170 valence electrons. The molecule has 3 N–H and O–H groups in total. The average Bonchev–Trinajstić information content (AvgIpc) is 3.21. The summed E-state index contributed by atoms with van der Waals surface area (Å²) in [5, 5.41) is 0.587. The molecule has 1 saturated carbocycles. The Hall–Kier alpha value is -3.01. The molecule has 0 aliphatic heterocycles. The molecular weight excluding hydrogens is 433 g/mol. The van der Waals surface area contributed by atoms with Crippen LogP contribution in [0.3, 0.4) is 0 Å². The summed E-state index contributed by atoms with van der Waals surface area (Å²) in [5.41, 5.74) is 6.20. The lowest BCUT2D eigenvalue weighted by molar-refractivity contribution is 0.562. The molecule has 2 heterocycles. The molecule has 2 aromatic heterocycles. The number of nitrogens with zero attached hydrogens (tertiary/aromatic N) is 3. The minimum absolute atomic E-state index is 0.0128. The molecule has 0 atom stereocenters. The Morgan fingerprint density at radius 1 is 1.25 bits per heavy atom. The van der Waals surface area contributed by atoms with E-state index in [1.807, 2.05) is 13.8 Å². The summed E-state index contributed by atoms with van der Waals surface area (Å²) in [6.07, 6.45) is 5.33. The van der Waals surface area contributed by atoms with E-state index in [1.54, 1.807) is 6.07 Å². The molecular formula is C22H26FN5O3S. The number of hydrogen-bond donors (Lipinski definition) is 2. The Bertz CT molecular complexity index is 1330. The molecule has 0 unspecified atom stereocenters. The topological polar surface area (TPSA) is 120 Å². The first-order valence-corrected chi connectivity index (χ1v) is 12.3. The van der Waals surface area contributed by atoms with E-state index in [0.29, 0.717) is 16.6 Å². The van der Waals surface area contributed by atoms with Crippen LogP contribution in [0, 0.1) is 11.7 Å². The zero-order valence-electron chi connectivity index (χ0n) is 18.0. The van der Waals surface area contributed by atoms with Crippen LogP contribution in [-0.4, -0.2) is 28.7 Å². The van der Waals surface area contributed by atoms with Crippen LogP contribution in [0.4, 0.5) is 16.0 Å². The van der Waals surface area contributed by atoms with Crippen LogP contribution in [0.15, 0.2) is 35.3 Å². The molecule has 0 bridgehead atoms. The number of pyridine rings is 1. The summed E-state index contributed by atoms with van der Waals surface area (Å²) in [6.45, 7) is 3.68. The highest BCUT2D eigenvalue weighted by Crippen LogP contribution is 2.29. The smallest absolute Gasteiger partial charge is 0.260 e. The first-order valence-electron chi connectivity index (χ1n) is 10.6. The Kier molecular flexibility index (Phi) is 5.89. The second-order valence-corrected chi connectivity index (χ2v) is 10.3. The van der Waals surface area contributed by atoms with E-state index < -0.39 is 15.8 Å². The fourth-order valence-electron chi connectivity index (χ4n) is 4.28. The molecule has 8 nitrogen and oxygen atoms in total. The number of hydrogen-bond acceptors (Lipinski definition) is 6. The third-order valence-corrected chi connectivity index (χ3v) is 7.22. The number of nitrogen functional groups attached to an aromatic ring is 1. The normalized spacial score (nSPS) is 15.0. The quantitative estimate of drug-likeness (QED) is 0.580. The van der Waals surface area contributed by atoms with Gasteiger partial charge in [-0.3, -0.25) is 14.1 Å². The second kappa shape index (κ2) is 8.50. The zero-order valence-corrected chi connectivity index (χ0v) is 18.8. The van der Waals surface area contributed by atoms with Gasteiger partial charge >= 0.3 is 0 Å². The number of nitrogens with one attached hydrogen (secondary N) is 1. The summed E-state index contributed by atoms with van der Waals surface area (Å²) < 4.78 is 43.6. The van der Waals surface area contributed by atoms with Gasteiger partial charge in [0.15, 0.2) is 0 Å². The molecule has 3 aromatic rings. The molecule has 1 aromatic carbocycles. The van der Waals surface area contributed by atoms with Crippen molar-refractivity contribution in [1.82, 2.24) is 14.5 Å². The number of nitrogens with two attached hydrogens (primary N) is 1. The Morgan fingerprint density at radius 2 is 1.97 bits per heavy atom. The number of rotatable bonds is 6. The molecule has 1 fully saturated rings. The van der Waals surface area contributed by atoms with Gasteiger partial charge in [-0.05, 0) is 56.4 Å². The van der Waals surface area contributed by atoms with Gasteiger partial charge < -0.3 is 5.73 Å². The summed E-state index contributed by atoms with van der Waals surface area (Å²) in [5.74, 6) is -0.597. The standard InChI is InChI=1S/C22H26FN5O3S/c1-13(2)28-20-16(11-25-22(24)26-20)9-17(21(28)29)15-7-8-19(18(23)10-15)27-32(30,31)12-14-5-3-4-6-14/h7-11,13-14,27H,3-6,12H2,1-2H3,(H2,24,25,26). The Labute approximate surface area is 185 Å². The largest absolute Gasteiger partial charge is 0.368 e. The van der Waals surface area contributed by atoms with Crippen molar-refractivity contribution in [2.24, 2.45) is 5.92 Å². The van der Waals surface area contributed by atoms with Gasteiger partial charge in [-0.15, -0.1) is 0 Å².